The zero-order valence-electron chi connectivity index (χ0n) is 24.1. The summed E-state index contributed by atoms with van der Waals surface area (Å²) >= 11 is 0. The van der Waals surface area contributed by atoms with E-state index in [2.05, 4.69) is 120 Å². The normalized spacial score (nSPS) is 12.0. The van der Waals surface area contributed by atoms with Crippen molar-refractivity contribution in [2.45, 2.75) is 40.0 Å². The lowest BCUT2D eigenvalue weighted by Crippen LogP contribution is -2.10. The second-order valence-electron chi connectivity index (χ2n) is 12.0. The summed E-state index contributed by atoms with van der Waals surface area (Å²) in [5.41, 5.74) is 12.9. The van der Waals surface area contributed by atoms with Gasteiger partial charge < -0.3 is 4.42 Å². The van der Waals surface area contributed by atoms with Gasteiger partial charge in [0.2, 0.25) is 0 Å². The van der Waals surface area contributed by atoms with E-state index < -0.39 is 0 Å². The van der Waals surface area contributed by atoms with Crippen LogP contribution in [0.15, 0.2) is 108 Å². The molecular weight excluding hydrogens is 500 g/mol. The first-order valence-corrected chi connectivity index (χ1v) is 14.2. The predicted octanol–water partition coefficient (Wildman–Crippen LogP) is 10.4. The summed E-state index contributed by atoms with van der Waals surface area (Å²) in [5.74, 6) is 0. The molecule has 0 saturated carbocycles. The molecule has 41 heavy (non-hydrogen) atoms. The Balaban J connectivity index is 1.30. The molecule has 4 aromatic carbocycles. The molecule has 0 aliphatic heterocycles. The molecule has 0 spiro atoms. The summed E-state index contributed by atoms with van der Waals surface area (Å²) < 4.78 is 6.32. The Hall–Kier alpha value is -4.76. The van der Waals surface area contributed by atoms with Crippen molar-refractivity contribution in [1.29, 1.82) is 0 Å². The Morgan fingerprint density at radius 3 is 2.20 bits per heavy atom. The monoisotopic (exact) mass is 532 g/mol. The van der Waals surface area contributed by atoms with Crippen molar-refractivity contribution in [3.8, 4) is 33.6 Å². The number of aryl methyl sites for hydroxylation is 2. The van der Waals surface area contributed by atoms with Crippen LogP contribution >= 0.6 is 0 Å². The molecule has 0 aliphatic carbocycles. The first kappa shape index (κ1) is 25.2. The third kappa shape index (κ3) is 4.38. The average molecular weight is 533 g/mol. The SMILES string of the molecule is Cc1cnc(-c2cccc3c2oc2ccccc23)cc1-c1cc2ccc(-c3ccc(C(C)(C)C)cc3)nc2cc1C. The van der Waals surface area contributed by atoms with Crippen LogP contribution in [-0.2, 0) is 5.41 Å². The summed E-state index contributed by atoms with van der Waals surface area (Å²) in [5, 5.41) is 3.36. The van der Waals surface area contributed by atoms with E-state index in [0.29, 0.717) is 0 Å². The lowest BCUT2D eigenvalue weighted by atomic mass is 9.86. The van der Waals surface area contributed by atoms with Gasteiger partial charge in [-0.25, -0.2) is 4.98 Å². The summed E-state index contributed by atoms with van der Waals surface area (Å²) in [6, 6.07) is 34.3. The Morgan fingerprint density at radius 1 is 0.634 bits per heavy atom. The largest absolute Gasteiger partial charge is 0.455 e. The second kappa shape index (κ2) is 9.42. The molecule has 0 aliphatic rings. The Bertz CT molecular complexity index is 2090. The molecular formula is C38H32N2O. The number of pyridine rings is 2. The van der Waals surface area contributed by atoms with Crippen LogP contribution in [0.25, 0.3) is 66.5 Å². The van der Waals surface area contributed by atoms with E-state index in [1.165, 1.54) is 22.3 Å². The Morgan fingerprint density at radius 2 is 1.39 bits per heavy atom. The number of benzene rings is 4. The van der Waals surface area contributed by atoms with Crippen molar-refractivity contribution in [2.75, 3.05) is 0 Å². The lowest BCUT2D eigenvalue weighted by Gasteiger charge is -2.19. The number of hydrogen-bond donors (Lipinski definition) is 0. The van der Waals surface area contributed by atoms with Crippen LogP contribution in [-0.4, -0.2) is 9.97 Å². The van der Waals surface area contributed by atoms with Crippen LogP contribution in [0.3, 0.4) is 0 Å². The summed E-state index contributed by atoms with van der Waals surface area (Å²) in [7, 11) is 0. The average Bonchev–Trinajstić information content (AvgIpc) is 3.36. The standard InChI is InChI=1S/C38H32N2O/c1-23-19-34-26(15-18-33(40-34)25-13-16-27(17-14-25)38(3,4)5)20-31(23)32-21-35(39-22-24(32)2)30-11-8-10-29-28-9-6-7-12-36(28)41-37(29)30/h6-22H,1-5H3. The molecule has 200 valence electrons. The maximum atomic E-state index is 6.32. The zero-order valence-corrected chi connectivity index (χ0v) is 24.1. The maximum Gasteiger partial charge on any atom is 0.144 e. The first-order chi connectivity index (χ1) is 19.8. The van der Waals surface area contributed by atoms with Gasteiger partial charge in [0.25, 0.3) is 0 Å². The van der Waals surface area contributed by atoms with Crippen molar-refractivity contribution in [3.05, 3.63) is 120 Å². The van der Waals surface area contributed by atoms with Crippen LogP contribution < -0.4 is 0 Å². The van der Waals surface area contributed by atoms with E-state index in [-0.39, 0.29) is 5.41 Å². The maximum absolute atomic E-state index is 6.32. The smallest absolute Gasteiger partial charge is 0.144 e. The molecule has 3 heteroatoms. The number of para-hydroxylation sites is 2. The van der Waals surface area contributed by atoms with Gasteiger partial charge in [-0.2, -0.15) is 0 Å². The fraction of sp³-hybridized carbons (Fsp3) is 0.158. The number of hydrogen-bond acceptors (Lipinski definition) is 3. The summed E-state index contributed by atoms with van der Waals surface area (Å²) in [6.07, 6.45) is 1.97. The van der Waals surface area contributed by atoms with Gasteiger partial charge >= 0.3 is 0 Å². The molecule has 0 N–H and O–H groups in total. The van der Waals surface area contributed by atoms with Crippen LogP contribution in [0, 0.1) is 13.8 Å². The van der Waals surface area contributed by atoms with Gasteiger partial charge in [0.1, 0.15) is 11.2 Å². The molecule has 7 rings (SSSR count). The van der Waals surface area contributed by atoms with Crippen molar-refractivity contribution in [3.63, 3.8) is 0 Å². The van der Waals surface area contributed by atoms with E-state index in [0.717, 1.165) is 60.9 Å². The number of fused-ring (bicyclic) bond motifs is 4. The van der Waals surface area contributed by atoms with Gasteiger partial charge in [0.15, 0.2) is 0 Å². The van der Waals surface area contributed by atoms with Crippen molar-refractivity contribution < 1.29 is 4.42 Å². The van der Waals surface area contributed by atoms with Gasteiger partial charge in [-0.3, -0.25) is 4.98 Å². The van der Waals surface area contributed by atoms with Gasteiger partial charge in [-0.15, -0.1) is 0 Å². The molecule has 0 amide bonds. The van der Waals surface area contributed by atoms with Crippen molar-refractivity contribution in [1.82, 2.24) is 9.97 Å². The molecule has 3 nitrogen and oxygen atoms in total. The number of aromatic nitrogens is 2. The minimum Gasteiger partial charge on any atom is -0.455 e. The molecule has 0 bridgehead atoms. The fourth-order valence-electron chi connectivity index (χ4n) is 5.78. The van der Waals surface area contributed by atoms with Crippen LogP contribution in [0.5, 0.6) is 0 Å². The molecule has 0 unspecified atom stereocenters. The van der Waals surface area contributed by atoms with E-state index in [4.69, 9.17) is 14.4 Å². The van der Waals surface area contributed by atoms with Gasteiger partial charge in [-0.1, -0.05) is 81.4 Å². The molecule has 0 fully saturated rings. The molecule has 0 saturated heterocycles. The molecule has 0 radical (unpaired) electrons. The van der Waals surface area contributed by atoms with Crippen LogP contribution in [0.2, 0.25) is 0 Å². The van der Waals surface area contributed by atoms with Gasteiger partial charge in [0, 0.05) is 33.5 Å². The lowest BCUT2D eigenvalue weighted by molar-refractivity contribution is 0.590. The molecule has 3 heterocycles. The number of furan rings is 1. The van der Waals surface area contributed by atoms with E-state index in [1.54, 1.807) is 0 Å². The van der Waals surface area contributed by atoms with Crippen molar-refractivity contribution >= 4 is 32.8 Å². The van der Waals surface area contributed by atoms with E-state index in [1.807, 2.05) is 18.3 Å². The van der Waals surface area contributed by atoms with E-state index >= 15 is 0 Å². The minimum atomic E-state index is 0.131. The summed E-state index contributed by atoms with van der Waals surface area (Å²) in [4.78, 5) is 9.89. The number of rotatable bonds is 3. The highest BCUT2D eigenvalue weighted by Gasteiger charge is 2.16. The molecule has 3 aromatic heterocycles. The number of nitrogens with zero attached hydrogens (tertiary/aromatic N) is 2. The van der Waals surface area contributed by atoms with Crippen LogP contribution in [0.4, 0.5) is 0 Å². The fourth-order valence-corrected chi connectivity index (χ4v) is 5.78. The third-order valence-corrected chi connectivity index (χ3v) is 8.16. The minimum absolute atomic E-state index is 0.131. The Labute approximate surface area is 240 Å². The topological polar surface area (TPSA) is 38.9 Å². The third-order valence-electron chi connectivity index (χ3n) is 8.16. The highest BCUT2D eigenvalue weighted by Crippen LogP contribution is 2.38. The van der Waals surface area contributed by atoms with E-state index in [9.17, 15) is 0 Å². The predicted molar refractivity (Wildman–Crippen MR) is 171 cm³/mol. The first-order valence-electron chi connectivity index (χ1n) is 14.2. The highest BCUT2D eigenvalue weighted by atomic mass is 16.3. The second-order valence-corrected chi connectivity index (χ2v) is 12.0. The molecule has 7 aromatic rings. The Kier molecular flexibility index (Phi) is 5.79. The highest BCUT2D eigenvalue weighted by molar-refractivity contribution is 6.09. The van der Waals surface area contributed by atoms with Gasteiger partial charge in [-0.05, 0) is 83.5 Å². The van der Waals surface area contributed by atoms with Crippen molar-refractivity contribution in [2.24, 2.45) is 0 Å². The van der Waals surface area contributed by atoms with Gasteiger partial charge in [0.05, 0.1) is 16.9 Å². The molecule has 0 atom stereocenters. The quantitative estimate of drug-likeness (QED) is 0.227. The van der Waals surface area contributed by atoms with Crippen LogP contribution in [0.1, 0.15) is 37.5 Å². The zero-order chi connectivity index (χ0) is 28.3. The summed E-state index contributed by atoms with van der Waals surface area (Å²) in [6.45, 7) is 11.0.